The minimum Gasteiger partial charge on any atom is -0.462 e. The number of hydrogen-bond donors (Lipinski definition) is 2. The second-order valence-corrected chi connectivity index (χ2v) is 5.82. The summed E-state index contributed by atoms with van der Waals surface area (Å²) in [5.74, 6) is -3.09. The minimum absolute atomic E-state index is 0.0270. The van der Waals surface area contributed by atoms with Gasteiger partial charge in [0.1, 0.15) is 17.5 Å². The maximum absolute atomic E-state index is 13.4. The molecular formula is C15H15F2NO4S. The van der Waals surface area contributed by atoms with Gasteiger partial charge in [-0.15, -0.1) is 0 Å². The Morgan fingerprint density at radius 1 is 1.35 bits per heavy atom. The van der Waals surface area contributed by atoms with Crippen LogP contribution in [0.4, 0.5) is 14.5 Å². The molecule has 1 aromatic rings. The summed E-state index contributed by atoms with van der Waals surface area (Å²) >= 11 is 0.987. The van der Waals surface area contributed by atoms with Crippen LogP contribution in [0.5, 0.6) is 0 Å². The molecule has 1 aromatic carbocycles. The molecule has 0 saturated heterocycles. The van der Waals surface area contributed by atoms with E-state index in [2.05, 4.69) is 5.32 Å². The molecule has 8 heteroatoms. The Labute approximate surface area is 135 Å². The van der Waals surface area contributed by atoms with E-state index >= 15 is 0 Å². The number of thioether (sulfide) groups is 1. The van der Waals surface area contributed by atoms with Crippen molar-refractivity contribution in [3.8, 4) is 0 Å². The van der Waals surface area contributed by atoms with Gasteiger partial charge in [-0.25, -0.2) is 13.6 Å². The van der Waals surface area contributed by atoms with E-state index in [1.165, 1.54) is 6.92 Å². The van der Waals surface area contributed by atoms with Crippen molar-refractivity contribution in [2.45, 2.75) is 20.0 Å². The van der Waals surface area contributed by atoms with Crippen molar-refractivity contribution in [3.63, 3.8) is 0 Å². The fourth-order valence-electron chi connectivity index (χ4n) is 2.07. The van der Waals surface area contributed by atoms with Crippen LogP contribution in [0.15, 0.2) is 22.7 Å². The number of rotatable bonds is 5. The molecule has 0 spiro atoms. The summed E-state index contributed by atoms with van der Waals surface area (Å²) in [6.07, 6.45) is -1.48. The van der Waals surface area contributed by atoms with E-state index in [1.807, 2.05) is 0 Å². The predicted octanol–water partition coefficient (Wildman–Crippen LogP) is 2.52. The van der Waals surface area contributed by atoms with Gasteiger partial charge in [-0.3, -0.25) is 4.79 Å². The van der Waals surface area contributed by atoms with E-state index in [4.69, 9.17) is 4.74 Å². The molecule has 0 aromatic heterocycles. The van der Waals surface area contributed by atoms with Gasteiger partial charge in [0.2, 0.25) is 0 Å². The van der Waals surface area contributed by atoms with Crippen LogP contribution in [-0.4, -0.2) is 29.2 Å². The third kappa shape index (κ3) is 3.70. The number of aliphatic hydroxyl groups excluding tert-OH is 1. The summed E-state index contributed by atoms with van der Waals surface area (Å²) in [7, 11) is 0. The van der Waals surface area contributed by atoms with Crippen molar-refractivity contribution in [2.75, 3.05) is 17.7 Å². The molecule has 1 atom stereocenters. The third-order valence-electron chi connectivity index (χ3n) is 3.07. The molecule has 0 amide bonds. The summed E-state index contributed by atoms with van der Waals surface area (Å²) in [5.41, 5.74) is 0.0336. The summed E-state index contributed by atoms with van der Waals surface area (Å²) in [6.45, 7) is 3.07. The number of Topliss-reactive ketones (excluding diaryl/α,β-unsaturated/α-hetero) is 1. The van der Waals surface area contributed by atoms with Crippen LogP contribution in [0.1, 0.15) is 25.5 Å². The Balaban J connectivity index is 2.46. The molecule has 0 aliphatic carbocycles. The van der Waals surface area contributed by atoms with Crippen LogP contribution >= 0.6 is 11.8 Å². The van der Waals surface area contributed by atoms with Gasteiger partial charge in [0.15, 0.2) is 11.6 Å². The molecule has 124 valence electrons. The van der Waals surface area contributed by atoms with E-state index in [0.29, 0.717) is 0 Å². The average Bonchev–Trinajstić information content (AvgIpc) is 2.47. The lowest BCUT2D eigenvalue weighted by Gasteiger charge is -2.27. The number of hydrogen-bond acceptors (Lipinski definition) is 6. The smallest absolute Gasteiger partial charge is 0.339 e. The first kappa shape index (κ1) is 17.4. The van der Waals surface area contributed by atoms with Gasteiger partial charge >= 0.3 is 5.97 Å². The molecule has 0 bridgehead atoms. The van der Waals surface area contributed by atoms with E-state index < -0.39 is 23.7 Å². The number of fused-ring (bicyclic) bond motifs is 1. The summed E-state index contributed by atoms with van der Waals surface area (Å²) in [6, 6.07) is 1.72. The Bertz CT molecular complexity index is 690. The maximum atomic E-state index is 13.4. The molecular weight excluding hydrogens is 328 g/mol. The number of carbonyl (C=O) groups excluding carboxylic acids is 2. The lowest BCUT2D eigenvalue weighted by atomic mass is 9.97. The van der Waals surface area contributed by atoms with Crippen LogP contribution in [0.25, 0.3) is 0 Å². The number of halogens is 2. The number of benzene rings is 1. The average molecular weight is 343 g/mol. The number of ketones is 1. The van der Waals surface area contributed by atoms with Crippen LogP contribution in [0, 0.1) is 11.6 Å². The molecule has 1 aliphatic heterocycles. The van der Waals surface area contributed by atoms with Crippen LogP contribution in [-0.2, 0) is 14.3 Å². The number of ether oxygens (including phenoxy) is 1. The molecule has 23 heavy (non-hydrogen) atoms. The van der Waals surface area contributed by atoms with Crippen LogP contribution in [0.2, 0.25) is 0 Å². The summed E-state index contributed by atoms with van der Waals surface area (Å²) < 4.78 is 31.7. The lowest BCUT2D eigenvalue weighted by Crippen LogP contribution is -2.24. The highest BCUT2D eigenvalue weighted by Gasteiger charge is 2.33. The van der Waals surface area contributed by atoms with Crippen LogP contribution in [0.3, 0.4) is 0 Å². The molecule has 0 saturated carbocycles. The Kier molecular flexibility index (Phi) is 5.38. The highest BCUT2D eigenvalue weighted by molar-refractivity contribution is 8.03. The second-order valence-electron chi connectivity index (χ2n) is 4.84. The molecule has 1 heterocycles. The van der Waals surface area contributed by atoms with Gasteiger partial charge in [0.25, 0.3) is 0 Å². The summed E-state index contributed by atoms with van der Waals surface area (Å²) in [5, 5.41) is 13.3. The zero-order valence-electron chi connectivity index (χ0n) is 12.5. The monoisotopic (exact) mass is 343 g/mol. The highest BCUT2D eigenvalue weighted by Crippen LogP contribution is 2.40. The molecule has 2 rings (SSSR count). The zero-order chi connectivity index (χ0) is 17.1. The third-order valence-corrected chi connectivity index (χ3v) is 4.23. The Hall–Kier alpha value is -1.93. The van der Waals surface area contributed by atoms with Crippen molar-refractivity contribution in [2.24, 2.45) is 0 Å². The van der Waals surface area contributed by atoms with E-state index in [-0.39, 0.29) is 40.0 Å². The summed E-state index contributed by atoms with van der Waals surface area (Å²) in [4.78, 5) is 23.2. The normalized spacial score (nSPS) is 16.7. The van der Waals surface area contributed by atoms with Gasteiger partial charge in [-0.2, -0.15) is 0 Å². The first-order valence-corrected chi connectivity index (χ1v) is 7.81. The Morgan fingerprint density at radius 3 is 2.61 bits per heavy atom. The number of aliphatic hydroxyl groups is 1. The standard InChI is InChI=1S/C15H15F2NO4S/c1-3-22-15(21)12-13(20)8-4-9(16)10(17)5-11(8)18-14(12)23-6-7(2)19/h4-5,13,18,20H,3,6H2,1-2H3. The van der Waals surface area contributed by atoms with Crippen molar-refractivity contribution in [1.29, 1.82) is 0 Å². The number of anilines is 1. The molecule has 1 aliphatic rings. The topological polar surface area (TPSA) is 75.6 Å². The van der Waals surface area contributed by atoms with Gasteiger partial charge in [0, 0.05) is 17.3 Å². The largest absolute Gasteiger partial charge is 0.462 e. The molecule has 2 N–H and O–H groups in total. The fourth-order valence-corrected chi connectivity index (χ4v) is 2.95. The van der Waals surface area contributed by atoms with Crippen LogP contribution < -0.4 is 5.32 Å². The SMILES string of the molecule is CCOC(=O)C1=C(SCC(C)=O)Nc2cc(F)c(F)cc2C1O. The van der Waals surface area contributed by atoms with Crippen molar-refractivity contribution < 1.29 is 28.2 Å². The molecule has 0 fully saturated rings. The predicted molar refractivity (Wildman–Crippen MR) is 81.7 cm³/mol. The minimum atomic E-state index is -1.48. The lowest BCUT2D eigenvalue weighted by molar-refractivity contribution is -0.139. The fraction of sp³-hybridized carbons (Fsp3) is 0.333. The second kappa shape index (κ2) is 7.10. The van der Waals surface area contributed by atoms with E-state index in [0.717, 1.165) is 23.9 Å². The first-order valence-electron chi connectivity index (χ1n) is 6.82. The zero-order valence-corrected chi connectivity index (χ0v) is 13.3. The van der Waals surface area contributed by atoms with Gasteiger partial charge < -0.3 is 15.2 Å². The molecule has 0 radical (unpaired) electrons. The van der Waals surface area contributed by atoms with E-state index in [1.54, 1.807) is 6.92 Å². The van der Waals surface area contributed by atoms with E-state index in [9.17, 15) is 23.5 Å². The molecule has 1 unspecified atom stereocenters. The first-order chi connectivity index (χ1) is 10.8. The number of nitrogens with one attached hydrogen (secondary N) is 1. The Morgan fingerprint density at radius 2 is 2.00 bits per heavy atom. The number of carbonyl (C=O) groups is 2. The van der Waals surface area contributed by atoms with Gasteiger partial charge in [-0.1, -0.05) is 11.8 Å². The number of esters is 1. The van der Waals surface area contributed by atoms with Crippen molar-refractivity contribution >= 4 is 29.2 Å². The molecule has 5 nitrogen and oxygen atoms in total. The highest BCUT2D eigenvalue weighted by atomic mass is 32.2. The van der Waals surface area contributed by atoms with Gasteiger partial charge in [-0.05, 0) is 19.9 Å². The van der Waals surface area contributed by atoms with Crippen molar-refractivity contribution in [3.05, 3.63) is 39.9 Å². The maximum Gasteiger partial charge on any atom is 0.339 e. The van der Waals surface area contributed by atoms with Gasteiger partial charge in [0.05, 0.1) is 17.4 Å². The quantitative estimate of drug-likeness (QED) is 0.800. The van der Waals surface area contributed by atoms with Crippen molar-refractivity contribution in [1.82, 2.24) is 0 Å².